The van der Waals surface area contributed by atoms with E-state index in [1.807, 2.05) is 13.8 Å². The molecule has 0 aromatic carbocycles. The molecule has 0 heterocycles. The van der Waals surface area contributed by atoms with Crippen molar-refractivity contribution in [1.29, 1.82) is 0 Å². The van der Waals surface area contributed by atoms with Gasteiger partial charge in [-0.1, -0.05) is 30.9 Å². The smallest absolute Gasteiger partial charge is 0.308 e. The maximum atomic E-state index is 11.5. The van der Waals surface area contributed by atoms with Crippen molar-refractivity contribution >= 4 is 23.5 Å². The summed E-state index contributed by atoms with van der Waals surface area (Å²) in [6.07, 6.45) is 4.74. The van der Waals surface area contributed by atoms with Crippen molar-refractivity contribution in [3.8, 4) is 0 Å². The minimum atomic E-state index is -0.402. The van der Waals surface area contributed by atoms with Gasteiger partial charge in [0.1, 0.15) is 0 Å². The molecule has 0 radical (unpaired) electrons. The van der Waals surface area contributed by atoms with Gasteiger partial charge in [0.15, 0.2) is 6.07 Å². The molecule has 0 fully saturated rings. The van der Waals surface area contributed by atoms with Crippen molar-refractivity contribution in [2.45, 2.75) is 58.8 Å². The van der Waals surface area contributed by atoms with Gasteiger partial charge in [-0.05, 0) is 26.7 Å². The molecule has 0 atom stereocenters. The SMILES string of the molecule is CCN(CC)/[N+]([O-])=N/OCOC(=O)CCCCCCCC(=O)OCCl. The molecule has 0 aromatic heterocycles. The Balaban J connectivity index is 3.56. The number of nitrogens with zero attached hydrogens (tertiary/aromatic N) is 3. The van der Waals surface area contributed by atoms with Crippen LogP contribution >= 0.6 is 11.6 Å². The molecule has 0 saturated heterocycles. The van der Waals surface area contributed by atoms with Crippen LogP contribution < -0.4 is 0 Å². The fraction of sp³-hybridized carbons (Fsp3) is 0.867. The van der Waals surface area contributed by atoms with Gasteiger partial charge in [-0.3, -0.25) is 9.59 Å². The maximum absolute atomic E-state index is 11.5. The molecule has 0 amide bonds. The Morgan fingerprint density at radius 3 is 2.04 bits per heavy atom. The monoisotopic (exact) mass is 381 g/mol. The first-order valence-electron chi connectivity index (χ1n) is 8.47. The molecule has 0 aromatic rings. The van der Waals surface area contributed by atoms with Gasteiger partial charge >= 0.3 is 11.9 Å². The Morgan fingerprint density at radius 1 is 1.00 bits per heavy atom. The minimum Gasteiger partial charge on any atom is -0.569 e. The molecular formula is C15H28ClN3O6. The predicted molar refractivity (Wildman–Crippen MR) is 90.2 cm³/mol. The number of carbonyl (C=O) groups is 2. The molecule has 0 rings (SSSR count). The molecule has 9 nitrogen and oxygen atoms in total. The van der Waals surface area contributed by atoms with E-state index in [2.05, 4.69) is 14.9 Å². The van der Waals surface area contributed by atoms with Crippen molar-refractivity contribution in [1.82, 2.24) is 5.01 Å². The van der Waals surface area contributed by atoms with Crippen LogP contribution in [0.15, 0.2) is 5.28 Å². The first kappa shape index (κ1) is 23.2. The highest BCUT2D eigenvalue weighted by atomic mass is 35.5. The number of hydrazine groups is 1. The number of halogens is 1. The second kappa shape index (κ2) is 15.7. The van der Waals surface area contributed by atoms with Crippen molar-refractivity contribution in [2.24, 2.45) is 5.28 Å². The van der Waals surface area contributed by atoms with E-state index in [1.54, 1.807) is 0 Å². The summed E-state index contributed by atoms with van der Waals surface area (Å²) >= 11 is 5.27. The van der Waals surface area contributed by atoms with E-state index in [0.29, 0.717) is 30.9 Å². The second-order valence-corrected chi connectivity index (χ2v) is 5.35. The summed E-state index contributed by atoms with van der Waals surface area (Å²) in [6, 6.07) is -0.111. The lowest BCUT2D eigenvalue weighted by Gasteiger charge is -2.13. The average Bonchev–Trinajstić information content (AvgIpc) is 2.59. The molecular weight excluding hydrogens is 354 g/mol. The van der Waals surface area contributed by atoms with Crippen molar-refractivity contribution in [2.75, 3.05) is 25.9 Å². The maximum Gasteiger partial charge on any atom is 0.308 e. The summed E-state index contributed by atoms with van der Waals surface area (Å²) in [6.45, 7) is 4.24. The van der Waals surface area contributed by atoms with E-state index < -0.39 is 5.97 Å². The third kappa shape index (κ3) is 13.2. The number of carbonyl (C=O) groups excluding carboxylic acids is 2. The van der Waals surface area contributed by atoms with E-state index in [-0.39, 0.29) is 25.2 Å². The summed E-state index contributed by atoms with van der Waals surface area (Å²) in [5.41, 5.74) is 0. The van der Waals surface area contributed by atoms with E-state index in [0.717, 1.165) is 25.7 Å². The zero-order valence-electron chi connectivity index (χ0n) is 14.9. The molecule has 0 bridgehead atoms. The van der Waals surface area contributed by atoms with Crippen LogP contribution in [0.1, 0.15) is 58.8 Å². The Labute approximate surface area is 153 Å². The van der Waals surface area contributed by atoms with Crippen LogP contribution in [0.5, 0.6) is 0 Å². The van der Waals surface area contributed by atoms with Gasteiger partial charge in [-0.2, -0.15) is 0 Å². The molecule has 146 valence electrons. The number of ether oxygens (including phenoxy) is 2. The van der Waals surface area contributed by atoms with Crippen molar-refractivity contribution < 1.29 is 28.9 Å². The Morgan fingerprint density at radius 2 is 1.52 bits per heavy atom. The minimum absolute atomic E-state index is 0.111. The van der Waals surface area contributed by atoms with Gasteiger partial charge in [0.05, 0.1) is 18.1 Å². The quantitative estimate of drug-likeness (QED) is 0.0816. The zero-order chi connectivity index (χ0) is 18.9. The second-order valence-electron chi connectivity index (χ2n) is 5.13. The van der Waals surface area contributed by atoms with Gasteiger partial charge in [0.25, 0.3) is 6.79 Å². The van der Waals surface area contributed by atoms with Crippen molar-refractivity contribution in [3.05, 3.63) is 5.21 Å². The lowest BCUT2D eigenvalue weighted by Crippen LogP contribution is -2.30. The molecule has 0 aliphatic heterocycles. The largest absolute Gasteiger partial charge is 0.569 e. The van der Waals surface area contributed by atoms with Gasteiger partial charge in [-0.25, -0.2) is 0 Å². The lowest BCUT2D eigenvalue weighted by atomic mass is 10.1. The number of rotatable bonds is 15. The van der Waals surface area contributed by atoms with Crippen LogP contribution in [-0.2, 0) is 23.9 Å². The fourth-order valence-electron chi connectivity index (χ4n) is 1.96. The Bertz CT molecular complexity index is 405. The van der Waals surface area contributed by atoms with Gasteiger partial charge in [-0.15, -0.1) is 5.01 Å². The number of hydrogen-bond acceptors (Lipinski definition) is 7. The topological polar surface area (TPSA) is 104 Å². The van der Waals surface area contributed by atoms with Crippen LogP contribution in [0.2, 0.25) is 0 Å². The molecule has 0 aliphatic carbocycles. The highest BCUT2D eigenvalue weighted by molar-refractivity contribution is 6.17. The van der Waals surface area contributed by atoms with Gasteiger partial charge < -0.3 is 19.5 Å². The van der Waals surface area contributed by atoms with Crippen LogP contribution in [0.3, 0.4) is 0 Å². The molecule has 10 heteroatoms. The fourth-order valence-corrected chi connectivity index (χ4v) is 2.08. The number of alkyl halides is 1. The van der Waals surface area contributed by atoms with Crippen molar-refractivity contribution in [3.63, 3.8) is 0 Å². The summed E-state index contributed by atoms with van der Waals surface area (Å²) in [5, 5.41) is 16.1. The third-order valence-corrected chi connectivity index (χ3v) is 3.46. The summed E-state index contributed by atoms with van der Waals surface area (Å²) in [5.74, 6) is -0.692. The molecule has 0 spiro atoms. The van der Waals surface area contributed by atoms with E-state index in [4.69, 9.17) is 16.3 Å². The zero-order valence-corrected chi connectivity index (χ0v) is 15.7. The number of esters is 2. The summed E-state index contributed by atoms with van der Waals surface area (Å²) in [7, 11) is 0. The molecule has 0 saturated carbocycles. The standard InChI is InChI=1S/C15H28ClN3O6/c1-3-18(4-2)19(22)17-25-13-24-15(21)11-9-7-5-6-8-10-14(20)23-12-16/h3-13H2,1-2H3/b19-17-. The Hall–Kier alpha value is -1.77. The van der Waals surface area contributed by atoms with Crippen LogP contribution in [-0.4, -0.2) is 47.9 Å². The van der Waals surface area contributed by atoms with Gasteiger partial charge in [0.2, 0.25) is 5.28 Å². The Kier molecular flexibility index (Phi) is 14.6. The summed E-state index contributed by atoms with van der Waals surface area (Å²) in [4.78, 5) is 27.5. The first-order valence-corrected chi connectivity index (χ1v) is 9.00. The molecule has 0 N–H and O–H groups in total. The van der Waals surface area contributed by atoms with E-state index >= 15 is 0 Å². The highest BCUT2D eigenvalue weighted by Crippen LogP contribution is 2.08. The number of unbranched alkanes of at least 4 members (excludes halogenated alkanes) is 4. The van der Waals surface area contributed by atoms with E-state index in [1.165, 1.54) is 5.01 Å². The van der Waals surface area contributed by atoms with Crippen LogP contribution in [0, 0.1) is 5.21 Å². The lowest BCUT2D eigenvalue weighted by molar-refractivity contribution is -0.710. The van der Waals surface area contributed by atoms with Crippen LogP contribution in [0.4, 0.5) is 0 Å². The number of hydrogen-bond donors (Lipinski definition) is 0. The molecule has 0 aliphatic rings. The highest BCUT2D eigenvalue weighted by Gasteiger charge is 2.08. The molecule has 25 heavy (non-hydrogen) atoms. The average molecular weight is 382 g/mol. The van der Waals surface area contributed by atoms with E-state index in [9.17, 15) is 14.8 Å². The first-order chi connectivity index (χ1) is 12.0. The van der Waals surface area contributed by atoms with Gasteiger partial charge in [0, 0.05) is 12.8 Å². The third-order valence-electron chi connectivity index (χ3n) is 3.35. The van der Waals surface area contributed by atoms with Crippen LogP contribution in [0.25, 0.3) is 0 Å². The predicted octanol–water partition coefficient (Wildman–Crippen LogP) is 3.11. The summed E-state index contributed by atoms with van der Waals surface area (Å²) < 4.78 is 9.42. The molecule has 0 unspecified atom stereocenters. The normalized spacial score (nSPS) is 11.1.